The zero-order chi connectivity index (χ0) is 29.3. The number of ether oxygens (including phenoxy) is 3. The van der Waals surface area contributed by atoms with E-state index in [-0.39, 0.29) is 23.3 Å². The van der Waals surface area contributed by atoms with Gasteiger partial charge in [-0.05, 0) is 49.7 Å². The highest BCUT2D eigenvalue weighted by Crippen LogP contribution is 2.36. The van der Waals surface area contributed by atoms with Crippen LogP contribution < -0.4 is 24.4 Å². The lowest BCUT2D eigenvalue weighted by Gasteiger charge is -2.25. The molecule has 3 heterocycles. The summed E-state index contributed by atoms with van der Waals surface area (Å²) in [7, 11) is 3.03. The average molecular weight is 575 g/mol. The second-order valence-electron chi connectivity index (χ2n) is 8.97. The van der Waals surface area contributed by atoms with E-state index in [0.29, 0.717) is 49.2 Å². The molecule has 2 aromatic carbocycles. The first-order chi connectivity index (χ1) is 19.8. The number of benzene rings is 2. The lowest BCUT2D eigenvalue weighted by Crippen LogP contribution is -2.39. The summed E-state index contributed by atoms with van der Waals surface area (Å²) in [5, 5.41) is 9.54. The number of furan rings is 1. The maximum absolute atomic E-state index is 13.9. The van der Waals surface area contributed by atoms with Crippen molar-refractivity contribution in [3.63, 3.8) is 0 Å². The van der Waals surface area contributed by atoms with Crippen LogP contribution in [0, 0.1) is 0 Å². The van der Waals surface area contributed by atoms with Gasteiger partial charge in [0.2, 0.25) is 0 Å². The molecule has 0 aliphatic carbocycles. The number of allylic oxidation sites excluding steroid dienone is 1. The zero-order valence-corrected chi connectivity index (χ0v) is 23.5. The molecule has 11 heteroatoms. The Bertz CT molecular complexity index is 1880. The Morgan fingerprint density at radius 1 is 1.10 bits per heavy atom. The molecular weight excluding hydrogens is 548 g/mol. The van der Waals surface area contributed by atoms with Crippen molar-refractivity contribution in [2.24, 2.45) is 4.99 Å². The van der Waals surface area contributed by atoms with E-state index >= 15 is 0 Å². The number of carboxylic acids is 1. The normalized spacial score (nSPS) is 14.8. The van der Waals surface area contributed by atoms with E-state index < -0.39 is 18.0 Å². The first kappa shape index (κ1) is 27.7. The van der Waals surface area contributed by atoms with Crippen LogP contribution in [0.3, 0.4) is 0 Å². The molecule has 1 aliphatic rings. The molecule has 0 bridgehead atoms. The Hall–Kier alpha value is -4.90. The van der Waals surface area contributed by atoms with Crippen LogP contribution in [0.15, 0.2) is 80.1 Å². The molecular formula is C30H26N2O8S. The van der Waals surface area contributed by atoms with Crippen molar-refractivity contribution in [3.05, 3.63) is 102 Å². The number of esters is 1. The monoisotopic (exact) mass is 574 g/mol. The molecule has 1 atom stereocenters. The van der Waals surface area contributed by atoms with Crippen LogP contribution in [-0.4, -0.2) is 42.4 Å². The van der Waals surface area contributed by atoms with Crippen LogP contribution in [0.1, 0.15) is 41.6 Å². The van der Waals surface area contributed by atoms with Crippen LogP contribution in [0.2, 0.25) is 0 Å². The molecule has 2 aromatic heterocycles. The van der Waals surface area contributed by atoms with Gasteiger partial charge < -0.3 is 23.7 Å². The number of rotatable bonds is 8. The summed E-state index contributed by atoms with van der Waals surface area (Å²) in [5.74, 6) is 0.000363. The molecule has 0 fully saturated rings. The van der Waals surface area contributed by atoms with Gasteiger partial charge in [0.05, 0.1) is 48.2 Å². The van der Waals surface area contributed by atoms with Gasteiger partial charge in [0.1, 0.15) is 11.5 Å². The van der Waals surface area contributed by atoms with Gasteiger partial charge in [0.25, 0.3) is 5.56 Å². The number of hydrogen-bond donors (Lipinski definition) is 1. The van der Waals surface area contributed by atoms with Crippen LogP contribution >= 0.6 is 11.3 Å². The smallest absolute Gasteiger partial charge is 0.338 e. The SMILES string of the molecule is CCOC(=O)C1=C(C)N=c2s/c(=C\c3ccc(-c4ccccc4C(=O)O)o3)c(=O)n2C1c1ccc(OC)c(OC)c1. The molecule has 0 amide bonds. The fourth-order valence-electron chi connectivity index (χ4n) is 4.72. The van der Waals surface area contributed by atoms with Crippen molar-refractivity contribution in [1.82, 2.24) is 4.57 Å². The predicted octanol–water partition coefficient (Wildman–Crippen LogP) is 3.77. The Labute approximate surface area is 238 Å². The van der Waals surface area contributed by atoms with Crippen molar-refractivity contribution in [1.29, 1.82) is 0 Å². The molecule has 5 rings (SSSR count). The number of aromatic carboxylic acids is 1. The molecule has 10 nitrogen and oxygen atoms in total. The van der Waals surface area contributed by atoms with Gasteiger partial charge in [-0.15, -0.1) is 0 Å². The molecule has 0 saturated carbocycles. The molecule has 1 unspecified atom stereocenters. The summed E-state index contributed by atoms with van der Waals surface area (Å²) in [6.45, 7) is 3.57. The fraction of sp³-hybridized carbons (Fsp3) is 0.200. The van der Waals surface area contributed by atoms with E-state index in [9.17, 15) is 19.5 Å². The number of carbonyl (C=O) groups excluding carboxylic acids is 1. The highest BCUT2D eigenvalue weighted by molar-refractivity contribution is 7.07. The van der Waals surface area contributed by atoms with E-state index in [1.807, 2.05) is 0 Å². The number of fused-ring (bicyclic) bond motifs is 1. The second kappa shape index (κ2) is 11.3. The van der Waals surface area contributed by atoms with E-state index in [0.717, 1.165) is 11.3 Å². The highest BCUT2D eigenvalue weighted by atomic mass is 32.1. The number of thiazole rings is 1. The molecule has 4 aromatic rings. The van der Waals surface area contributed by atoms with Crippen LogP contribution in [0.4, 0.5) is 0 Å². The molecule has 0 spiro atoms. The van der Waals surface area contributed by atoms with E-state index in [2.05, 4.69) is 4.99 Å². The maximum atomic E-state index is 13.9. The standard InChI is InChI=1S/C30H26N2O8S/c1-5-39-29(36)25-16(2)31-30-32(26(25)17-10-12-22(37-3)23(14-17)38-4)27(33)24(41-30)15-18-11-13-21(40-18)19-8-6-7-9-20(19)28(34)35/h6-15,26H,5H2,1-4H3,(H,34,35)/b24-15-. The van der Waals surface area contributed by atoms with Crippen molar-refractivity contribution < 1.29 is 33.3 Å². The van der Waals surface area contributed by atoms with Gasteiger partial charge >= 0.3 is 11.9 Å². The summed E-state index contributed by atoms with van der Waals surface area (Å²) in [6, 6.07) is 14.2. The van der Waals surface area contributed by atoms with Crippen LogP contribution in [-0.2, 0) is 9.53 Å². The number of nitrogens with zero attached hydrogens (tertiary/aromatic N) is 2. The molecule has 41 heavy (non-hydrogen) atoms. The predicted molar refractivity (Wildman–Crippen MR) is 151 cm³/mol. The summed E-state index contributed by atoms with van der Waals surface area (Å²) >= 11 is 1.15. The quantitative estimate of drug-likeness (QED) is 0.315. The van der Waals surface area contributed by atoms with Gasteiger partial charge in [-0.3, -0.25) is 9.36 Å². The van der Waals surface area contributed by atoms with Crippen molar-refractivity contribution in [2.45, 2.75) is 19.9 Å². The number of carboxylic acid groups (broad SMARTS) is 1. The lowest BCUT2D eigenvalue weighted by atomic mass is 9.95. The van der Waals surface area contributed by atoms with Gasteiger partial charge in [-0.25, -0.2) is 14.6 Å². The Kier molecular flexibility index (Phi) is 7.62. The van der Waals surface area contributed by atoms with Crippen molar-refractivity contribution >= 4 is 29.4 Å². The minimum absolute atomic E-state index is 0.102. The summed E-state index contributed by atoms with van der Waals surface area (Å²) < 4.78 is 23.9. The minimum Gasteiger partial charge on any atom is -0.493 e. The zero-order valence-electron chi connectivity index (χ0n) is 22.7. The topological polar surface area (TPSA) is 130 Å². The van der Waals surface area contributed by atoms with E-state index in [4.69, 9.17) is 18.6 Å². The highest BCUT2D eigenvalue weighted by Gasteiger charge is 2.34. The van der Waals surface area contributed by atoms with Crippen LogP contribution in [0.25, 0.3) is 17.4 Å². The minimum atomic E-state index is -1.07. The van der Waals surface area contributed by atoms with Crippen LogP contribution in [0.5, 0.6) is 11.5 Å². The van der Waals surface area contributed by atoms with Gasteiger partial charge in [-0.1, -0.05) is 35.6 Å². The molecule has 1 N–H and O–H groups in total. The van der Waals surface area contributed by atoms with E-state index in [1.54, 1.807) is 68.5 Å². The Morgan fingerprint density at radius 3 is 2.56 bits per heavy atom. The summed E-state index contributed by atoms with van der Waals surface area (Å²) in [4.78, 5) is 43.6. The molecule has 0 saturated heterocycles. The fourth-order valence-corrected chi connectivity index (χ4v) is 5.75. The third kappa shape index (κ3) is 5.07. The number of carbonyl (C=O) groups is 2. The summed E-state index contributed by atoms with van der Waals surface area (Å²) in [5.41, 5.74) is 1.42. The summed E-state index contributed by atoms with van der Waals surface area (Å²) in [6.07, 6.45) is 1.58. The average Bonchev–Trinajstić information content (AvgIpc) is 3.56. The van der Waals surface area contributed by atoms with Crippen molar-refractivity contribution in [3.8, 4) is 22.8 Å². The number of aromatic nitrogens is 1. The van der Waals surface area contributed by atoms with Crippen molar-refractivity contribution in [2.75, 3.05) is 20.8 Å². The van der Waals surface area contributed by atoms with E-state index in [1.165, 1.54) is 24.9 Å². The molecule has 210 valence electrons. The Balaban J connectivity index is 1.66. The molecule has 1 aliphatic heterocycles. The second-order valence-corrected chi connectivity index (χ2v) is 9.98. The number of methoxy groups -OCH3 is 2. The number of hydrogen-bond acceptors (Lipinski definition) is 9. The van der Waals surface area contributed by atoms with Gasteiger partial charge in [0.15, 0.2) is 16.3 Å². The third-order valence-corrected chi connectivity index (χ3v) is 7.55. The Morgan fingerprint density at radius 2 is 1.85 bits per heavy atom. The maximum Gasteiger partial charge on any atom is 0.338 e. The van der Waals surface area contributed by atoms with Gasteiger partial charge in [-0.2, -0.15) is 0 Å². The first-order valence-corrected chi connectivity index (χ1v) is 13.4. The largest absolute Gasteiger partial charge is 0.493 e. The lowest BCUT2D eigenvalue weighted by molar-refractivity contribution is -0.139. The van der Waals surface area contributed by atoms with Gasteiger partial charge in [0, 0.05) is 11.6 Å². The third-order valence-electron chi connectivity index (χ3n) is 6.56. The first-order valence-electron chi connectivity index (χ1n) is 12.6. The molecule has 0 radical (unpaired) electrons.